The minimum atomic E-state index is -4.47. The second kappa shape index (κ2) is 6.45. The van der Waals surface area contributed by atoms with Gasteiger partial charge in [0.25, 0.3) is 0 Å². The summed E-state index contributed by atoms with van der Waals surface area (Å²) in [7, 11) is 0. The van der Waals surface area contributed by atoms with Crippen LogP contribution in [0.15, 0.2) is 24.3 Å². The molecule has 0 saturated carbocycles. The van der Waals surface area contributed by atoms with Gasteiger partial charge in [0, 0.05) is 19.5 Å². The van der Waals surface area contributed by atoms with E-state index in [-0.39, 0.29) is 24.4 Å². The van der Waals surface area contributed by atoms with Crippen molar-refractivity contribution in [3.05, 3.63) is 35.4 Å². The van der Waals surface area contributed by atoms with Gasteiger partial charge in [-0.25, -0.2) is 0 Å². The van der Waals surface area contributed by atoms with Crippen LogP contribution in [-0.2, 0) is 15.8 Å². The van der Waals surface area contributed by atoms with Crippen molar-refractivity contribution < 1.29 is 27.9 Å². The Balaban J connectivity index is 2.10. The second-order valence-electron chi connectivity index (χ2n) is 6.62. The number of carbonyl (C=O) groups is 2. The lowest BCUT2D eigenvalue weighted by molar-refractivity contribution is -0.147. The Morgan fingerprint density at radius 1 is 1.33 bits per heavy atom. The number of likely N-dealkylation sites (tertiary alicyclic amines) is 1. The highest BCUT2D eigenvalue weighted by Gasteiger charge is 2.42. The molecule has 0 bridgehead atoms. The molecule has 1 aliphatic heterocycles. The first-order valence-corrected chi connectivity index (χ1v) is 7.72. The number of alkyl halides is 3. The smallest absolute Gasteiger partial charge is 0.416 e. The van der Waals surface area contributed by atoms with E-state index in [1.54, 1.807) is 13.8 Å². The molecule has 1 aromatic carbocycles. The molecule has 0 unspecified atom stereocenters. The number of nitrogens with zero attached hydrogens (tertiary/aromatic N) is 1. The van der Waals surface area contributed by atoms with Crippen molar-refractivity contribution in [1.29, 1.82) is 0 Å². The zero-order valence-electron chi connectivity index (χ0n) is 13.6. The van der Waals surface area contributed by atoms with E-state index in [1.807, 2.05) is 0 Å². The van der Waals surface area contributed by atoms with Gasteiger partial charge in [-0.15, -0.1) is 0 Å². The molecule has 1 amide bonds. The molecule has 2 rings (SSSR count). The average molecular weight is 343 g/mol. The highest BCUT2D eigenvalue weighted by Crippen LogP contribution is 2.37. The summed E-state index contributed by atoms with van der Waals surface area (Å²) in [6.45, 7) is 3.56. The molecule has 0 aromatic heterocycles. The van der Waals surface area contributed by atoms with Gasteiger partial charge >= 0.3 is 12.1 Å². The Kier molecular flexibility index (Phi) is 4.92. The zero-order chi connectivity index (χ0) is 18.1. The number of carboxylic acid groups (broad SMARTS) is 1. The van der Waals surface area contributed by atoms with Crippen LogP contribution in [-0.4, -0.2) is 35.0 Å². The molecule has 0 spiro atoms. The summed E-state index contributed by atoms with van der Waals surface area (Å²) in [4.78, 5) is 25.0. The summed E-state index contributed by atoms with van der Waals surface area (Å²) in [5, 5.41) is 9.19. The van der Waals surface area contributed by atoms with Crippen LogP contribution in [0.5, 0.6) is 0 Å². The Morgan fingerprint density at radius 2 is 1.96 bits per heavy atom. The van der Waals surface area contributed by atoms with Gasteiger partial charge in [-0.1, -0.05) is 25.1 Å². The molecule has 0 aliphatic carbocycles. The molecular formula is C17H20F3NO3. The van der Waals surface area contributed by atoms with Crippen LogP contribution >= 0.6 is 0 Å². The molecule has 4 nitrogen and oxygen atoms in total. The Labute approximate surface area is 138 Å². The molecule has 1 heterocycles. The van der Waals surface area contributed by atoms with Gasteiger partial charge in [0.05, 0.1) is 11.0 Å². The highest BCUT2D eigenvalue weighted by molar-refractivity contribution is 5.81. The number of hydrogen-bond donors (Lipinski definition) is 1. The van der Waals surface area contributed by atoms with Gasteiger partial charge in [-0.3, -0.25) is 9.59 Å². The molecule has 1 saturated heterocycles. The number of hydrogen-bond acceptors (Lipinski definition) is 2. The Hall–Kier alpha value is -2.05. The summed E-state index contributed by atoms with van der Waals surface area (Å²) in [5.74, 6) is -1.88. The fourth-order valence-electron chi connectivity index (χ4n) is 3.03. The molecule has 1 fully saturated rings. The van der Waals surface area contributed by atoms with E-state index in [2.05, 4.69) is 0 Å². The molecular weight excluding hydrogens is 323 g/mol. The monoisotopic (exact) mass is 343 g/mol. The van der Waals surface area contributed by atoms with Crippen molar-refractivity contribution in [2.75, 3.05) is 13.1 Å². The van der Waals surface area contributed by atoms with Crippen LogP contribution in [0.25, 0.3) is 0 Å². The molecule has 132 valence electrons. The third-order valence-electron chi connectivity index (χ3n) is 4.62. The van der Waals surface area contributed by atoms with Gasteiger partial charge in [0.1, 0.15) is 0 Å². The lowest BCUT2D eigenvalue weighted by Crippen LogP contribution is -2.35. The molecule has 1 N–H and O–H groups in total. The van der Waals surface area contributed by atoms with Crippen molar-refractivity contribution in [2.24, 2.45) is 5.41 Å². The third kappa shape index (κ3) is 3.71. The minimum absolute atomic E-state index is 0.0806. The number of amides is 1. The van der Waals surface area contributed by atoms with Crippen molar-refractivity contribution >= 4 is 11.9 Å². The van der Waals surface area contributed by atoms with Crippen molar-refractivity contribution in [2.45, 2.75) is 38.8 Å². The van der Waals surface area contributed by atoms with Crippen molar-refractivity contribution in [3.8, 4) is 0 Å². The number of benzene rings is 1. The summed E-state index contributed by atoms with van der Waals surface area (Å²) in [6, 6.07) is 5.22. The number of aliphatic carboxylic acids is 1. The lowest BCUT2D eigenvalue weighted by atomic mass is 9.90. The molecule has 1 aliphatic rings. The van der Waals surface area contributed by atoms with Crippen LogP contribution in [0.1, 0.15) is 43.7 Å². The SMILES string of the molecule is C[C@H](CC(=O)N1CC[C@](C)(C(=O)O)C1)c1ccccc1C(F)(F)F. The first-order chi connectivity index (χ1) is 11.0. The fraction of sp³-hybridized carbons (Fsp3) is 0.529. The summed E-state index contributed by atoms with van der Waals surface area (Å²) >= 11 is 0. The van der Waals surface area contributed by atoms with E-state index in [1.165, 1.54) is 23.1 Å². The first-order valence-electron chi connectivity index (χ1n) is 7.72. The van der Waals surface area contributed by atoms with Gasteiger partial charge in [-0.2, -0.15) is 13.2 Å². The maximum Gasteiger partial charge on any atom is 0.416 e. The number of halogens is 3. The maximum absolute atomic E-state index is 13.1. The van der Waals surface area contributed by atoms with Crippen LogP contribution in [0.4, 0.5) is 13.2 Å². The van der Waals surface area contributed by atoms with E-state index in [4.69, 9.17) is 0 Å². The molecule has 1 aromatic rings. The largest absolute Gasteiger partial charge is 0.481 e. The summed E-state index contributed by atoms with van der Waals surface area (Å²) in [6.07, 6.45) is -4.20. The number of carboxylic acids is 1. The summed E-state index contributed by atoms with van der Waals surface area (Å²) in [5.41, 5.74) is -1.64. The minimum Gasteiger partial charge on any atom is -0.481 e. The zero-order valence-corrected chi connectivity index (χ0v) is 13.6. The second-order valence-corrected chi connectivity index (χ2v) is 6.62. The first kappa shape index (κ1) is 18.3. The highest BCUT2D eigenvalue weighted by atomic mass is 19.4. The maximum atomic E-state index is 13.1. The van der Waals surface area contributed by atoms with Crippen LogP contribution in [0.3, 0.4) is 0 Å². The molecule has 24 heavy (non-hydrogen) atoms. The third-order valence-corrected chi connectivity index (χ3v) is 4.62. The quantitative estimate of drug-likeness (QED) is 0.910. The molecule has 2 atom stereocenters. The average Bonchev–Trinajstić information content (AvgIpc) is 2.90. The van der Waals surface area contributed by atoms with E-state index >= 15 is 0 Å². The van der Waals surface area contributed by atoms with Crippen LogP contribution < -0.4 is 0 Å². The van der Waals surface area contributed by atoms with Gasteiger partial charge in [-0.05, 0) is 30.9 Å². The lowest BCUT2D eigenvalue weighted by Gasteiger charge is -2.23. The van der Waals surface area contributed by atoms with E-state index < -0.39 is 29.0 Å². The fourth-order valence-corrected chi connectivity index (χ4v) is 3.03. The normalized spacial score (nSPS) is 22.5. The van der Waals surface area contributed by atoms with Gasteiger partial charge < -0.3 is 10.0 Å². The molecule has 0 radical (unpaired) electrons. The number of carbonyl (C=O) groups excluding carboxylic acids is 1. The number of rotatable bonds is 4. The molecule has 7 heteroatoms. The van der Waals surface area contributed by atoms with E-state index in [0.29, 0.717) is 13.0 Å². The summed E-state index contributed by atoms with van der Waals surface area (Å²) < 4.78 is 39.2. The Bertz CT molecular complexity index is 644. The van der Waals surface area contributed by atoms with Crippen LogP contribution in [0, 0.1) is 5.41 Å². The van der Waals surface area contributed by atoms with Gasteiger partial charge in [0.2, 0.25) is 5.91 Å². The standard InChI is InChI=1S/C17H20F3NO3/c1-11(12-5-3-4-6-13(12)17(18,19)20)9-14(22)21-8-7-16(2,10-21)15(23)24/h3-6,11H,7-10H2,1-2H3,(H,23,24)/t11-,16+/m1/s1. The predicted molar refractivity (Wildman–Crippen MR) is 81.4 cm³/mol. The van der Waals surface area contributed by atoms with Crippen LogP contribution in [0.2, 0.25) is 0 Å². The predicted octanol–water partition coefficient (Wildman–Crippen LogP) is 3.52. The topological polar surface area (TPSA) is 57.6 Å². The Morgan fingerprint density at radius 3 is 2.50 bits per heavy atom. The van der Waals surface area contributed by atoms with Crippen molar-refractivity contribution in [1.82, 2.24) is 4.90 Å². The van der Waals surface area contributed by atoms with E-state index in [0.717, 1.165) is 6.07 Å². The van der Waals surface area contributed by atoms with Gasteiger partial charge in [0.15, 0.2) is 0 Å². The van der Waals surface area contributed by atoms with Crippen molar-refractivity contribution in [3.63, 3.8) is 0 Å². The van der Waals surface area contributed by atoms with E-state index in [9.17, 15) is 27.9 Å².